The van der Waals surface area contributed by atoms with Crippen molar-refractivity contribution in [3.05, 3.63) is 29.6 Å². The Labute approximate surface area is 78.0 Å². The van der Waals surface area contributed by atoms with Gasteiger partial charge in [0.1, 0.15) is 11.8 Å². The Morgan fingerprint density at radius 2 is 2.38 bits per heavy atom. The molecule has 13 heavy (non-hydrogen) atoms. The fraction of sp³-hybridized carbons (Fsp3) is 0.400. The highest BCUT2D eigenvalue weighted by Crippen LogP contribution is 2.04. The van der Waals surface area contributed by atoms with Crippen LogP contribution in [0.4, 0.5) is 0 Å². The van der Waals surface area contributed by atoms with E-state index in [-0.39, 0.29) is 6.10 Å². The maximum Gasteiger partial charge on any atom is 0.140 e. The van der Waals surface area contributed by atoms with Gasteiger partial charge in [0.2, 0.25) is 0 Å². The van der Waals surface area contributed by atoms with E-state index < -0.39 is 0 Å². The van der Waals surface area contributed by atoms with E-state index in [1.807, 2.05) is 26.0 Å². The number of hydrogen-bond donors (Lipinski definition) is 0. The van der Waals surface area contributed by atoms with Crippen molar-refractivity contribution in [2.75, 3.05) is 0 Å². The molecule has 0 aliphatic carbocycles. The lowest BCUT2D eigenvalue weighted by Crippen LogP contribution is -2.02. The zero-order valence-corrected chi connectivity index (χ0v) is 7.82. The molecular formula is C10H12N2O. The summed E-state index contributed by atoms with van der Waals surface area (Å²) in [5.41, 5.74) is 1.42. The highest BCUT2D eigenvalue weighted by Gasteiger charge is 1.98. The van der Waals surface area contributed by atoms with E-state index in [1.54, 1.807) is 12.3 Å². The van der Waals surface area contributed by atoms with Crippen molar-refractivity contribution in [2.45, 2.75) is 26.6 Å². The smallest absolute Gasteiger partial charge is 0.140 e. The first-order valence-electron chi connectivity index (χ1n) is 4.19. The molecule has 0 aromatic carbocycles. The molecule has 1 rings (SSSR count). The van der Waals surface area contributed by atoms with Crippen molar-refractivity contribution >= 4 is 0 Å². The van der Waals surface area contributed by atoms with Gasteiger partial charge in [-0.3, -0.25) is 0 Å². The Bertz CT molecular complexity index is 315. The molecule has 0 bridgehead atoms. The minimum absolute atomic E-state index is 0.207. The van der Waals surface area contributed by atoms with Crippen LogP contribution in [-0.4, -0.2) is 11.1 Å². The first-order valence-corrected chi connectivity index (χ1v) is 4.19. The van der Waals surface area contributed by atoms with Crippen LogP contribution in [0.3, 0.4) is 0 Å². The van der Waals surface area contributed by atoms with Crippen LogP contribution in [-0.2, 0) is 11.3 Å². The molecule has 0 atom stereocenters. The number of nitrogens with zero attached hydrogens (tertiary/aromatic N) is 2. The highest BCUT2D eigenvalue weighted by atomic mass is 16.5. The second-order valence-corrected chi connectivity index (χ2v) is 3.02. The lowest BCUT2D eigenvalue weighted by Gasteiger charge is -2.06. The Kier molecular flexibility index (Phi) is 3.41. The van der Waals surface area contributed by atoms with Gasteiger partial charge in [0.05, 0.1) is 12.7 Å². The molecule has 1 aromatic heterocycles. The van der Waals surface area contributed by atoms with Crippen molar-refractivity contribution in [3.63, 3.8) is 0 Å². The van der Waals surface area contributed by atoms with Gasteiger partial charge in [-0.1, -0.05) is 0 Å². The Hall–Kier alpha value is -1.40. The zero-order chi connectivity index (χ0) is 9.68. The summed E-state index contributed by atoms with van der Waals surface area (Å²) in [7, 11) is 0. The molecule has 0 saturated carbocycles. The third-order valence-electron chi connectivity index (χ3n) is 1.52. The SMILES string of the molecule is CC(C)OCc1ccnc(C#N)c1. The van der Waals surface area contributed by atoms with E-state index in [0.717, 1.165) is 5.56 Å². The number of ether oxygens (including phenoxy) is 1. The summed E-state index contributed by atoms with van der Waals surface area (Å²) in [4.78, 5) is 3.87. The second-order valence-electron chi connectivity index (χ2n) is 3.02. The topological polar surface area (TPSA) is 45.9 Å². The van der Waals surface area contributed by atoms with Crippen molar-refractivity contribution in [3.8, 4) is 6.07 Å². The third-order valence-corrected chi connectivity index (χ3v) is 1.52. The fourth-order valence-electron chi connectivity index (χ4n) is 0.888. The van der Waals surface area contributed by atoms with Crippen molar-refractivity contribution in [1.29, 1.82) is 5.26 Å². The zero-order valence-electron chi connectivity index (χ0n) is 7.82. The third kappa shape index (κ3) is 3.22. The van der Waals surface area contributed by atoms with Crippen LogP contribution in [0.5, 0.6) is 0 Å². The van der Waals surface area contributed by atoms with Crippen molar-refractivity contribution in [2.24, 2.45) is 0 Å². The summed E-state index contributed by atoms with van der Waals surface area (Å²) in [6.07, 6.45) is 1.83. The van der Waals surface area contributed by atoms with Gasteiger partial charge in [-0.15, -0.1) is 0 Å². The Morgan fingerprint density at radius 1 is 1.62 bits per heavy atom. The summed E-state index contributed by atoms with van der Waals surface area (Å²) < 4.78 is 5.39. The largest absolute Gasteiger partial charge is 0.374 e. The highest BCUT2D eigenvalue weighted by molar-refractivity contribution is 5.24. The van der Waals surface area contributed by atoms with Gasteiger partial charge >= 0.3 is 0 Å². The van der Waals surface area contributed by atoms with E-state index in [9.17, 15) is 0 Å². The summed E-state index contributed by atoms with van der Waals surface area (Å²) in [5, 5.41) is 8.59. The molecule has 0 N–H and O–H groups in total. The molecule has 68 valence electrons. The van der Waals surface area contributed by atoms with E-state index in [0.29, 0.717) is 12.3 Å². The first kappa shape index (κ1) is 9.69. The lowest BCUT2D eigenvalue weighted by molar-refractivity contribution is 0.0656. The predicted octanol–water partition coefficient (Wildman–Crippen LogP) is 1.88. The number of nitriles is 1. The molecule has 0 radical (unpaired) electrons. The maximum atomic E-state index is 8.59. The average Bonchev–Trinajstić information content (AvgIpc) is 2.15. The van der Waals surface area contributed by atoms with Crippen LogP contribution >= 0.6 is 0 Å². The molecule has 1 aromatic rings. The monoisotopic (exact) mass is 176 g/mol. The summed E-state index contributed by atoms with van der Waals surface area (Å²) in [6.45, 7) is 4.49. The van der Waals surface area contributed by atoms with Crippen LogP contribution in [0, 0.1) is 11.3 Å². The van der Waals surface area contributed by atoms with Crippen LogP contribution in [0.1, 0.15) is 25.1 Å². The minimum atomic E-state index is 0.207. The predicted molar refractivity (Wildman–Crippen MR) is 48.9 cm³/mol. The molecule has 0 aliphatic heterocycles. The second kappa shape index (κ2) is 4.58. The summed E-state index contributed by atoms with van der Waals surface area (Å²) in [5.74, 6) is 0. The van der Waals surface area contributed by atoms with Crippen LogP contribution in [0.2, 0.25) is 0 Å². The van der Waals surface area contributed by atoms with E-state index in [2.05, 4.69) is 4.98 Å². The number of hydrogen-bond acceptors (Lipinski definition) is 3. The van der Waals surface area contributed by atoms with Gasteiger partial charge in [-0.05, 0) is 31.5 Å². The molecule has 3 nitrogen and oxygen atoms in total. The van der Waals surface area contributed by atoms with E-state index in [4.69, 9.17) is 10.00 Å². The summed E-state index contributed by atoms with van der Waals surface area (Å²) >= 11 is 0. The van der Waals surface area contributed by atoms with E-state index >= 15 is 0 Å². The number of rotatable bonds is 3. The number of pyridine rings is 1. The molecule has 0 saturated heterocycles. The first-order chi connectivity index (χ1) is 6.22. The van der Waals surface area contributed by atoms with Gasteiger partial charge in [-0.2, -0.15) is 5.26 Å². The number of aromatic nitrogens is 1. The van der Waals surface area contributed by atoms with Crippen LogP contribution < -0.4 is 0 Å². The Morgan fingerprint density at radius 3 is 3.00 bits per heavy atom. The van der Waals surface area contributed by atoms with Crippen LogP contribution in [0.25, 0.3) is 0 Å². The lowest BCUT2D eigenvalue weighted by atomic mass is 10.2. The van der Waals surface area contributed by atoms with Gasteiger partial charge in [0.15, 0.2) is 0 Å². The molecule has 0 unspecified atom stereocenters. The standard InChI is InChI=1S/C10H12N2O/c1-8(2)13-7-9-3-4-12-10(5-9)6-11/h3-5,8H,7H2,1-2H3. The van der Waals surface area contributed by atoms with Gasteiger partial charge < -0.3 is 4.74 Å². The maximum absolute atomic E-state index is 8.59. The molecule has 0 spiro atoms. The summed E-state index contributed by atoms with van der Waals surface area (Å²) in [6, 6.07) is 5.58. The normalized spacial score (nSPS) is 10.0. The molecule has 0 amide bonds. The molecule has 1 heterocycles. The molecular weight excluding hydrogens is 164 g/mol. The quantitative estimate of drug-likeness (QED) is 0.706. The van der Waals surface area contributed by atoms with Gasteiger partial charge in [0.25, 0.3) is 0 Å². The molecule has 3 heteroatoms. The molecule has 0 fully saturated rings. The van der Waals surface area contributed by atoms with Gasteiger partial charge in [0, 0.05) is 6.20 Å². The van der Waals surface area contributed by atoms with Crippen molar-refractivity contribution < 1.29 is 4.74 Å². The Balaban J connectivity index is 2.63. The van der Waals surface area contributed by atoms with E-state index in [1.165, 1.54) is 0 Å². The van der Waals surface area contributed by atoms with Gasteiger partial charge in [-0.25, -0.2) is 4.98 Å². The van der Waals surface area contributed by atoms with Crippen LogP contribution in [0.15, 0.2) is 18.3 Å². The van der Waals surface area contributed by atoms with Crippen molar-refractivity contribution in [1.82, 2.24) is 4.98 Å². The fourth-order valence-corrected chi connectivity index (χ4v) is 0.888. The average molecular weight is 176 g/mol. The molecule has 0 aliphatic rings. The minimum Gasteiger partial charge on any atom is -0.374 e.